The first-order valence-electron chi connectivity index (χ1n) is 6.98. The number of nitrogens with zero attached hydrogens (tertiary/aromatic N) is 1. The van der Waals surface area contributed by atoms with Crippen molar-refractivity contribution in [1.29, 1.82) is 0 Å². The molecule has 2 heterocycles. The molecule has 4 heteroatoms. The van der Waals surface area contributed by atoms with E-state index in [1.165, 1.54) is 49.9 Å². The van der Waals surface area contributed by atoms with Crippen LogP contribution in [0.3, 0.4) is 0 Å². The van der Waals surface area contributed by atoms with Crippen molar-refractivity contribution in [2.45, 2.75) is 31.2 Å². The highest BCUT2D eigenvalue weighted by molar-refractivity contribution is 5.94. The van der Waals surface area contributed by atoms with Crippen molar-refractivity contribution in [3.8, 4) is 0 Å². The summed E-state index contributed by atoms with van der Waals surface area (Å²) in [7, 11) is 0. The van der Waals surface area contributed by atoms with Crippen molar-refractivity contribution in [3.63, 3.8) is 0 Å². The van der Waals surface area contributed by atoms with Crippen LogP contribution in [0.4, 0.5) is 4.39 Å². The van der Waals surface area contributed by atoms with Gasteiger partial charge >= 0.3 is 0 Å². The molecule has 2 fully saturated rings. The van der Waals surface area contributed by atoms with Crippen LogP contribution in [-0.4, -0.2) is 36.0 Å². The van der Waals surface area contributed by atoms with Crippen LogP contribution >= 0.6 is 0 Å². The van der Waals surface area contributed by atoms with Crippen LogP contribution in [-0.2, 0) is 0 Å². The number of amides is 1. The zero-order valence-electron chi connectivity index (χ0n) is 11.0. The molecule has 0 unspecified atom stereocenters. The molecule has 2 aliphatic heterocycles. The van der Waals surface area contributed by atoms with E-state index in [2.05, 4.69) is 10.2 Å². The van der Waals surface area contributed by atoms with E-state index in [-0.39, 0.29) is 17.3 Å². The van der Waals surface area contributed by atoms with E-state index in [1.807, 2.05) is 0 Å². The Balaban J connectivity index is 1.63. The molecule has 1 amide bonds. The van der Waals surface area contributed by atoms with E-state index in [4.69, 9.17) is 0 Å². The van der Waals surface area contributed by atoms with E-state index in [1.54, 1.807) is 0 Å². The van der Waals surface area contributed by atoms with Gasteiger partial charge in [0.2, 0.25) is 0 Å². The Morgan fingerprint density at radius 1 is 1.21 bits per heavy atom. The monoisotopic (exact) mass is 262 g/mol. The molecule has 0 atom stereocenters. The first-order chi connectivity index (χ1) is 9.20. The normalized spacial score (nSPS) is 21.3. The highest BCUT2D eigenvalue weighted by Crippen LogP contribution is 2.38. The van der Waals surface area contributed by atoms with Crippen molar-refractivity contribution in [1.82, 2.24) is 10.2 Å². The fraction of sp³-hybridized carbons (Fsp3) is 0.533. The molecule has 0 saturated carbocycles. The van der Waals surface area contributed by atoms with E-state index >= 15 is 0 Å². The van der Waals surface area contributed by atoms with Crippen LogP contribution in [0.2, 0.25) is 0 Å². The van der Waals surface area contributed by atoms with Gasteiger partial charge < -0.3 is 5.32 Å². The maximum absolute atomic E-state index is 12.8. The zero-order chi connectivity index (χ0) is 13.3. The molecule has 3 rings (SSSR count). The van der Waals surface area contributed by atoms with Gasteiger partial charge in [0.1, 0.15) is 5.82 Å². The standard InChI is InChI=1S/C15H19FN2O/c16-13-5-3-12(4-6-13)14(19)17-11-15-7-1-9-18(15)10-2-8-15/h3-6H,1-2,7-11H2,(H,17,19). The quantitative estimate of drug-likeness (QED) is 0.905. The molecule has 0 radical (unpaired) electrons. The third-order valence-corrected chi connectivity index (χ3v) is 4.50. The van der Waals surface area contributed by atoms with Crippen molar-refractivity contribution < 1.29 is 9.18 Å². The number of halogens is 1. The summed E-state index contributed by atoms with van der Waals surface area (Å²) in [5.41, 5.74) is 0.718. The Kier molecular flexibility index (Phi) is 3.27. The first-order valence-corrected chi connectivity index (χ1v) is 6.98. The van der Waals surface area contributed by atoms with Gasteiger partial charge in [-0.05, 0) is 63.0 Å². The topological polar surface area (TPSA) is 32.3 Å². The fourth-order valence-electron chi connectivity index (χ4n) is 3.46. The number of carbonyl (C=O) groups excluding carboxylic acids is 1. The smallest absolute Gasteiger partial charge is 0.251 e. The Bertz CT molecular complexity index is 462. The van der Waals surface area contributed by atoms with E-state index < -0.39 is 0 Å². The minimum absolute atomic E-state index is 0.104. The summed E-state index contributed by atoms with van der Waals surface area (Å²) in [5.74, 6) is -0.416. The molecule has 0 aromatic heterocycles. The minimum atomic E-state index is -0.312. The van der Waals surface area contributed by atoms with E-state index in [0.29, 0.717) is 12.1 Å². The summed E-state index contributed by atoms with van der Waals surface area (Å²) in [4.78, 5) is 14.6. The predicted molar refractivity (Wildman–Crippen MR) is 71.5 cm³/mol. The molecule has 2 aliphatic rings. The zero-order valence-corrected chi connectivity index (χ0v) is 11.0. The maximum atomic E-state index is 12.8. The third kappa shape index (κ3) is 2.37. The fourth-order valence-corrected chi connectivity index (χ4v) is 3.46. The van der Waals surface area contributed by atoms with Gasteiger partial charge in [0.15, 0.2) is 0 Å². The molecule has 0 spiro atoms. The number of fused-ring (bicyclic) bond motifs is 1. The lowest BCUT2D eigenvalue weighted by Crippen LogP contribution is -2.48. The largest absolute Gasteiger partial charge is 0.350 e. The van der Waals surface area contributed by atoms with Crippen molar-refractivity contribution in [2.24, 2.45) is 0 Å². The summed E-state index contributed by atoms with van der Waals surface area (Å²) >= 11 is 0. The van der Waals surface area contributed by atoms with Crippen molar-refractivity contribution in [2.75, 3.05) is 19.6 Å². The Morgan fingerprint density at radius 2 is 1.84 bits per heavy atom. The van der Waals surface area contributed by atoms with Gasteiger partial charge in [0.25, 0.3) is 5.91 Å². The van der Waals surface area contributed by atoms with Gasteiger partial charge in [0, 0.05) is 17.6 Å². The molecule has 0 bridgehead atoms. The van der Waals surface area contributed by atoms with E-state index in [9.17, 15) is 9.18 Å². The molecular formula is C15H19FN2O. The van der Waals surface area contributed by atoms with Gasteiger partial charge in [-0.1, -0.05) is 0 Å². The number of nitrogens with one attached hydrogen (secondary N) is 1. The molecule has 19 heavy (non-hydrogen) atoms. The lowest BCUT2D eigenvalue weighted by atomic mass is 9.94. The molecule has 102 valence electrons. The molecule has 1 aromatic carbocycles. The van der Waals surface area contributed by atoms with Crippen LogP contribution in [0, 0.1) is 5.82 Å². The second kappa shape index (κ2) is 4.93. The van der Waals surface area contributed by atoms with Crippen molar-refractivity contribution in [3.05, 3.63) is 35.6 Å². The summed E-state index contributed by atoms with van der Waals surface area (Å²) in [6, 6.07) is 5.71. The Labute approximate surface area is 112 Å². The molecular weight excluding hydrogens is 243 g/mol. The minimum Gasteiger partial charge on any atom is -0.350 e. The predicted octanol–water partition coefficient (Wildman–Crippen LogP) is 2.18. The Morgan fingerprint density at radius 3 is 2.47 bits per heavy atom. The van der Waals surface area contributed by atoms with Gasteiger partial charge in [-0.25, -0.2) is 4.39 Å². The van der Waals surface area contributed by atoms with Gasteiger partial charge in [-0.15, -0.1) is 0 Å². The van der Waals surface area contributed by atoms with Crippen LogP contribution < -0.4 is 5.32 Å². The molecule has 0 aliphatic carbocycles. The number of rotatable bonds is 3. The first kappa shape index (κ1) is 12.6. The van der Waals surface area contributed by atoms with E-state index in [0.717, 1.165) is 13.1 Å². The average molecular weight is 262 g/mol. The number of benzene rings is 1. The van der Waals surface area contributed by atoms with Crippen LogP contribution in [0.25, 0.3) is 0 Å². The molecule has 3 nitrogen and oxygen atoms in total. The third-order valence-electron chi connectivity index (χ3n) is 4.50. The number of carbonyl (C=O) groups is 1. The van der Waals surface area contributed by atoms with Gasteiger partial charge in [-0.3, -0.25) is 9.69 Å². The van der Waals surface area contributed by atoms with Crippen LogP contribution in [0.1, 0.15) is 36.0 Å². The summed E-state index contributed by atoms with van der Waals surface area (Å²) in [5, 5.41) is 3.02. The van der Waals surface area contributed by atoms with Crippen LogP contribution in [0.5, 0.6) is 0 Å². The van der Waals surface area contributed by atoms with Crippen molar-refractivity contribution >= 4 is 5.91 Å². The molecule has 1 N–H and O–H groups in total. The maximum Gasteiger partial charge on any atom is 0.251 e. The van der Waals surface area contributed by atoms with Gasteiger partial charge in [0.05, 0.1) is 0 Å². The highest BCUT2D eigenvalue weighted by Gasteiger charge is 2.44. The summed E-state index contributed by atoms with van der Waals surface area (Å²) < 4.78 is 12.8. The van der Waals surface area contributed by atoms with Crippen LogP contribution in [0.15, 0.2) is 24.3 Å². The second-order valence-corrected chi connectivity index (χ2v) is 5.61. The Hall–Kier alpha value is -1.42. The molecule has 1 aromatic rings. The van der Waals surface area contributed by atoms with Gasteiger partial charge in [-0.2, -0.15) is 0 Å². The second-order valence-electron chi connectivity index (χ2n) is 5.61. The lowest BCUT2D eigenvalue weighted by molar-refractivity contribution is 0.0919. The molecule has 2 saturated heterocycles. The number of hydrogen-bond donors (Lipinski definition) is 1. The SMILES string of the molecule is O=C(NCC12CCCN1CCC2)c1ccc(F)cc1. The summed E-state index contributed by atoms with van der Waals surface area (Å²) in [6.45, 7) is 3.03. The average Bonchev–Trinajstić information content (AvgIpc) is 2.96. The highest BCUT2D eigenvalue weighted by atomic mass is 19.1. The summed E-state index contributed by atoms with van der Waals surface area (Å²) in [6.07, 6.45) is 4.81. The number of hydrogen-bond acceptors (Lipinski definition) is 2. The lowest BCUT2D eigenvalue weighted by Gasteiger charge is -2.32.